The molecule has 3 heterocycles. The quantitative estimate of drug-likeness (QED) is 0.455. The molecule has 4 rings (SSSR count). The molecule has 2 aromatic rings. The Kier molecular flexibility index (Phi) is 4.54. The minimum Gasteiger partial charge on any atom is -0.477 e. The molecular weight excluding hydrogens is 377 g/mol. The maximum atomic E-state index is 15.1. The number of halogens is 1. The van der Waals surface area contributed by atoms with E-state index in [-0.39, 0.29) is 28.4 Å². The molecule has 0 spiro atoms. The molecule has 1 aromatic carbocycles. The summed E-state index contributed by atoms with van der Waals surface area (Å²) in [7, 11) is 0. The van der Waals surface area contributed by atoms with Gasteiger partial charge in [-0.15, -0.1) is 0 Å². The number of hydrazine groups is 1. The van der Waals surface area contributed by atoms with Gasteiger partial charge in [0.15, 0.2) is 5.82 Å². The van der Waals surface area contributed by atoms with Crippen LogP contribution in [0.5, 0.6) is 0 Å². The number of nitrogens with zero attached hydrogens (tertiary/aromatic N) is 2. The van der Waals surface area contributed by atoms with E-state index in [1.807, 2.05) is 18.4 Å². The van der Waals surface area contributed by atoms with Crippen LogP contribution in [0.2, 0.25) is 0 Å². The van der Waals surface area contributed by atoms with Crippen LogP contribution in [0.15, 0.2) is 10.9 Å². The highest BCUT2D eigenvalue weighted by Crippen LogP contribution is 2.39. The van der Waals surface area contributed by atoms with Crippen molar-refractivity contribution in [3.05, 3.63) is 33.4 Å². The minimum atomic E-state index is -1.31. The fraction of sp³-hybridized carbons (Fsp3) is 0.500. The first-order chi connectivity index (χ1) is 13.6. The predicted molar refractivity (Wildman–Crippen MR) is 110 cm³/mol. The fourth-order valence-electron chi connectivity index (χ4n) is 4.65. The third kappa shape index (κ3) is 3.05. The number of nitrogen functional groups attached to an aromatic ring is 1. The Balaban J connectivity index is 1.95. The predicted octanol–water partition coefficient (Wildman–Crippen LogP) is 1.85. The Labute approximate surface area is 167 Å². The first kappa shape index (κ1) is 19.7. The molecule has 29 heavy (non-hydrogen) atoms. The molecule has 1 saturated heterocycles. The van der Waals surface area contributed by atoms with Crippen molar-refractivity contribution in [1.29, 1.82) is 0 Å². The van der Waals surface area contributed by atoms with Crippen molar-refractivity contribution in [2.45, 2.75) is 51.1 Å². The van der Waals surface area contributed by atoms with Gasteiger partial charge in [0.2, 0.25) is 5.43 Å². The lowest BCUT2D eigenvalue weighted by Crippen LogP contribution is -2.43. The molecule has 0 radical (unpaired) electrons. The highest BCUT2D eigenvalue weighted by Gasteiger charge is 2.36. The zero-order chi connectivity index (χ0) is 21.1. The van der Waals surface area contributed by atoms with Gasteiger partial charge in [-0.05, 0) is 45.6 Å². The summed E-state index contributed by atoms with van der Waals surface area (Å²) in [5, 5.41) is 14.5. The van der Waals surface area contributed by atoms with Crippen molar-refractivity contribution in [2.75, 3.05) is 24.1 Å². The van der Waals surface area contributed by atoms with Gasteiger partial charge in [-0.2, -0.15) is 0 Å². The first-order valence-electron chi connectivity index (χ1n) is 9.81. The summed E-state index contributed by atoms with van der Waals surface area (Å²) in [4.78, 5) is 24.8. The molecule has 0 aliphatic carbocycles. The van der Waals surface area contributed by atoms with E-state index in [1.54, 1.807) is 11.1 Å². The van der Waals surface area contributed by atoms with Gasteiger partial charge in [-0.25, -0.2) is 14.2 Å². The van der Waals surface area contributed by atoms with Crippen LogP contribution in [-0.4, -0.2) is 39.8 Å². The van der Waals surface area contributed by atoms with E-state index in [2.05, 4.69) is 5.32 Å². The maximum absolute atomic E-state index is 15.1. The zero-order valence-corrected chi connectivity index (χ0v) is 16.6. The molecule has 0 saturated carbocycles. The Bertz CT molecular complexity index is 1070. The first-order valence-corrected chi connectivity index (χ1v) is 9.81. The molecule has 0 atom stereocenters. The molecular formula is C20H26FN5O3. The second kappa shape index (κ2) is 6.70. The zero-order valence-electron chi connectivity index (χ0n) is 16.6. The number of fused-ring (bicyclic) bond motifs is 3. The Morgan fingerprint density at radius 1 is 1.34 bits per heavy atom. The number of aromatic carboxylic acids is 1. The maximum Gasteiger partial charge on any atom is 0.341 e. The summed E-state index contributed by atoms with van der Waals surface area (Å²) < 4.78 is 16.9. The number of aromatic nitrogens is 1. The topological polar surface area (TPSA) is 127 Å². The Morgan fingerprint density at radius 2 is 2.00 bits per heavy atom. The monoisotopic (exact) mass is 403 g/mol. The Morgan fingerprint density at radius 3 is 2.62 bits per heavy atom. The van der Waals surface area contributed by atoms with E-state index < -0.39 is 22.8 Å². The van der Waals surface area contributed by atoms with Crippen molar-refractivity contribution in [3.8, 4) is 0 Å². The van der Waals surface area contributed by atoms with Crippen LogP contribution in [0.1, 0.15) is 49.2 Å². The number of anilines is 2. The molecule has 8 nitrogen and oxygen atoms in total. The summed E-state index contributed by atoms with van der Waals surface area (Å²) >= 11 is 0. The standard InChI is InChI=1S/C20H26FN5O3/c1-20(2)6-3-12-15(19(28)29)18(27)14-13(26(12)20)9-11(16(21)17(14)22)24-10-4-7-25(23)8-5-10/h9-10,24H,3-8,22-23H2,1-2H3,(H,28,29). The molecule has 0 unspecified atom stereocenters. The summed E-state index contributed by atoms with van der Waals surface area (Å²) in [5.41, 5.74) is 5.44. The third-order valence-corrected chi connectivity index (χ3v) is 6.21. The number of pyridine rings is 1. The van der Waals surface area contributed by atoms with Gasteiger partial charge in [0.1, 0.15) is 5.56 Å². The van der Waals surface area contributed by atoms with Crippen LogP contribution in [0.25, 0.3) is 10.9 Å². The van der Waals surface area contributed by atoms with E-state index in [4.69, 9.17) is 11.6 Å². The van der Waals surface area contributed by atoms with Crippen LogP contribution in [-0.2, 0) is 12.0 Å². The molecule has 6 N–H and O–H groups in total. The number of benzene rings is 1. The van der Waals surface area contributed by atoms with Crippen molar-refractivity contribution in [1.82, 2.24) is 9.58 Å². The molecule has 156 valence electrons. The Hall–Kier alpha value is -2.65. The molecule has 1 aromatic heterocycles. The van der Waals surface area contributed by atoms with Gasteiger partial charge in [-0.1, -0.05) is 0 Å². The number of rotatable bonds is 3. The van der Waals surface area contributed by atoms with E-state index in [0.29, 0.717) is 37.1 Å². The summed E-state index contributed by atoms with van der Waals surface area (Å²) in [6, 6.07) is 1.64. The normalized spacial score (nSPS) is 19.4. The molecule has 0 amide bonds. The SMILES string of the molecule is CC1(C)CCc2c(C(=O)O)c(=O)c3c(N)c(F)c(NC4CCN(N)CC4)cc3n21. The van der Waals surface area contributed by atoms with Gasteiger partial charge < -0.3 is 20.7 Å². The lowest BCUT2D eigenvalue weighted by Gasteiger charge is -2.30. The number of nitrogens with two attached hydrogens (primary N) is 2. The summed E-state index contributed by atoms with van der Waals surface area (Å²) in [6.07, 6.45) is 2.67. The number of carbonyl (C=O) groups is 1. The fourth-order valence-corrected chi connectivity index (χ4v) is 4.65. The van der Waals surface area contributed by atoms with Crippen molar-refractivity contribution in [2.24, 2.45) is 5.84 Å². The second-order valence-corrected chi connectivity index (χ2v) is 8.60. The average Bonchev–Trinajstić information content (AvgIpc) is 2.96. The molecule has 9 heteroatoms. The van der Waals surface area contributed by atoms with Gasteiger partial charge >= 0.3 is 5.97 Å². The van der Waals surface area contributed by atoms with Crippen LogP contribution in [0.3, 0.4) is 0 Å². The van der Waals surface area contributed by atoms with E-state index >= 15 is 4.39 Å². The minimum absolute atomic E-state index is 0.0391. The van der Waals surface area contributed by atoms with Gasteiger partial charge in [0, 0.05) is 30.4 Å². The molecule has 1 fully saturated rings. The number of carboxylic acids is 1. The van der Waals surface area contributed by atoms with Crippen LogP contribution >= 0.6 is 0 Å². The number of hydrogen-bond acceptors (Lipinski definition) is 6. The van der Waals surface area contributed by atoms with Gasteiger partial charge in [0.25, 0.3) is 0 Å². The van der Waals surface area contributed by atoms with Crippen molar-refractivity contribution in [3.63, 3.8) is 0 Å². The van der Waals surface area contributed by atoms with Crippen LogP contribution in [0, 0.1) is 5.82 Å². The van der Waals surface area contributed by atoms with Crippen molar-refractivity contribution < 1.29 is 14.3 Å². The summed E-state index contributed by atoms with van der Waals surface area (Å²) in [6.45, 7) is 5.35. The van der Waals surface area contributed by atoms with Gasteiger partial charge in [0.05, 0.1) is 22.3 Å². The van der Waals surface area contributed by atoms with Crippen LogP contribution in [0.4, 0.5) is 15.8 Å². The van der Waals surface area contributed by atoms with Crippen LogP contribution < -0.4 is 22.3 Å². The number of hydrogen-bond donors (Lipinski definition) is 4. The molecule has 2 aliphatic rings. The van der Waals surface area contributed by atoms with Gasteiger partial charge in [-0.3, -0.25) is 10.6 Å². The molecule has 2 aliphatic heterocycles. The smallest absolute Gasteiger partial charge is 0.341 e. The number of carboxylic acid groups (broad SMARTS) is 1. The number of piperidine rings is 1. The molecule has 0 bridgehead atoms. The highest BCUT2D eigenvalue weighted by molar-refractivity contribution is 6.00. The summed E-state index contributed by atoms with van der Waals surface area (Å²) in [5.74, 6) is 3.75. The highest BCUT2D eigenvalue weighted by atomic mass is 19.1. The average molecular weight is 403 g/mol. The van der Waals surface area contributed by atoms with E-state index in [0.717, 1.165) is 12.8 Å². The lowest BCUT2D eigenvalue weighted by molar-refractivity contribution is 0.0693. The number of nitrogens with one attached hydrogen (secondary N) is 1. The second-order valence-electron chi connectivity index (χ2n) is 8.60. The third-order valence-electron chi connectivity index (χ3n) is 6.21. The van der Waals surface area contributed by atoms with Crippen molar-refractivity contribution >= 4 is 28.2 Å². The van der Waals surface area contributed by atoms with E-state index in [1.165, 1.54) is 0 Å². The lowest BCUT2D eigenvalue weighted by atomic mass is 10.0. The largest absolute Gasteiger partial charge is 0.477 e. The van der Waals surface area contributed by atoms with E-state index in [9.17, 15) is 14.7 Å².